The minimum absolute atomic E-state index is 0.670. The highest BCUT2D eigenvalue weighted by atomic mass is 32.1. The standard InChI is InChI=1S/C23H29N5OS/c1-2-25(17-20-9-5-3-6-10-20)19-28-23(30)27(18-21-11-7-4-8-12-21)22(24-28)26-13-15-29-16-14-26/h3-12H,2,13-19H2,1H3. The van der Waals surface area contributed by atoms with Crippen LogP contribution in [0.1, 0.15) is 18.1 Å². The summed E-state index contributed by atoms with van der Waals surface area (Å²) in [5, 5.41) is 4.96. The molecular weight excluding hydrogens is 394 g/mol. The molecule has 1 saturated heterocycles. The lowest BCUT2D eigenvalue weighted by molar-refractivity contribution is 0.121. The Morgan fingerprint density at radius 1 is 0.967 bits per heavy atom. The lowest BCUT2D eigenvalue weighted by Gasteiger charge is -2.27. The summed E-state index contributed by atoms with van der Waals surface area (Å²) in [7, 11) is 0. The van der Waals surface area contributed by atoms with E-state index in [1.165, 1.54) is 11.1 Å². The number of hydrogen-bond acceptors (Lipinski definition) is 5. The molecule has 7 heteroatoms. The summed E-state index contributed by atoms with van der Waals surface area (Å²) < 4.78 is 10.4. The molecule has 4 rings (SSSR count). The van der Waals surface area contributed by atoms with E-state index < -0.39 is 0 Å². The minimum atomic E-state index is 0.670. The maximum atomic E-state index is 5.89. The summed E-state index contributed by atoms with van der Waals surface area (Å²) >= 11 is 5.89. The van der Waals surface area contributed by atoms with Crippen LogP contribution in [-0.2, 0) is 24.5 Å². The molecule has 1 aromatic heterocycles. The van der Waals surface area contributed by atoms with Crippen LogP contribution in [0.4, 0.5) is 5.95 Å². The van der Waals surface area contributed by atoms with Crippen molar-refractivity contribution in [2.75, 3.05) is 37.7 Å². The molecule has 0 spiro atoms. The summed E-state index contributed by atoms with van der Waals surface area (Å²) in [6.45, 7) is 8.48. The molecular formula is C23H29N5OS. The second kappa shape index (κ2) is 10.0. The lowest BCUT2D eigenvalue weighted by atomic mass is 10.2. The van der Waals surface area contributed by atoms with Crippen molar-refractivity contribution in [3.05, 3.63) is 76.6 Å². The van der Waals surface area contributed by atoms with Gasteiger partial charge in [-0.2, -0.15) is 0 Å². The smallest absolute Gasteiger partial charge is 0.226 e. The van der Waals surface area contributed by atoms with E-state index in [0.29, 0.717) is 6.67 Å². The highest BCUT2D eigenvalue weighted by Crippen LogP contribution is 2.18. The van der Waals surface area contributed by atoms with Gasteiger partial charge in [0.1, 0.15) is 0 Å². The summed E-state index contributed by atoms with van der Waals surface area (Å²) in [6, 6.07) is 21.0. The molecule has 1 aliphatic rings. The van der Waals surface area contributed by atoms with E-state index in [2.05, 4.69) is 75.9 Å². The fourth-order valence-electron chi connectivity index (χ4n) is 3.72. The first-order valence-corrected chi connectivity index (χ1v) is 11.0. The van der Waals surface area contributed by atoms with E-state index in [9.17, 15) is 0 Å². The SMILES string of the molecule is CCN(Cc1ccccc1)Cn1nc(N2CCOCC2)n(Cc2ccccc2)c1=S. The normalized spacial score (nSPS) is 14.4. The molecule has 1 fully saturated rings. The van der Waals surface area contributed by atoms with Gasteiger partial charge in [-0.3, -0.25) is 9.47 Å². The molecule has 2 aromatic carbocycles. The number of hydrogen-bond donors (Lipinski definition) is 0. The molecule has 30 heavy (non-hydrogen) atoms. The summed E-state index contributed by atoms with van der Waals surface area (Å²) in [4.78, 5) is 4.64. The molecule has 158 valence electrons. The largest absolute Gasteiger partial charge is 0.378 e. The second-order valence-corrected chi connectivity index (χ2v) is 7.89. The molecule has 0 aliphatic carbocycles. The van der Waals surface area contributed by atoms with Crippen molar-refractivity contribution < 1.29 is 4.74 Å². The average molecular weight is 424 g/mol. The molecule has 2 heterocycles. The zero-order valence-corrected chi connectivity index (χ0v) is 18.3. The van der Waals surface area contributed by atoms with Gasteiger partial charge in [0.25, 0.3) is 0 Å². The van der Waals surface area contributed by atoms with Crippen molar-refractivity contribution in [1.82, 2.24) is 19.2 Å². The van der Waals surface area contributed by atoms with E-state index >= 15 is 0 Å². The molecule has 6 nitrogen and oxygen atoms in total. The van der Waals surface area contributed by atoms with Crippen LogP contribution < -0.4 is 4.90 Å². The predicted molar refractivity (Wildman–Crippen MR) is 122 cm³/mol. The first-order valence-electron chi connectivity index (χ1n) is 10.5. The van der Waals surface area contributed by atoms with Gasteiger partial charge in [-0.15, -0.1) is 5.10 Å². The van der Waals surface area contributed by atoms with E-state index in [1.807, 2.05) is 10.7 Å². The first-order chi connectivity index (χ1) is 14.7. The molecule has 0 N–H and O–H groups in total. The Morgan fingerprint density at radius 2 is 1.60 bits per heavy atom. The van der Waals surface area contributed by atoms with Crippen LogP contribution in [0.25, 0.3) is 0 Å². The third-order valence-corrected chi connectivity index (χ3v) is 5.84. The maximum absolute atomic E-state index is 5.89. The van der Waals surface area contributed by atoms with Crippen molar-refractivity contribution in [3.63, 3.8) is 0 Å². The number of benzene rings is 2. The zero-order valence-electron chi connectivity index (χ0n) is 17.5. The Morgan fingerprint density at radius 3 is 2.23 bits per heavy atom. The summed E-state index contributed by atoms with van der Waals surface area (Å²) in [6.07, 6.45) is 0. The highest BCUT2D eigenvalue weighted by Gasteiger charge is 2.21. The summed E-state index contributed by atoms with van der Waals surface area (Å²) in [5.41, 5.74) is 2.52. The monoisotopic (exact) mass is 423 g/mol. The quantitative estimate of drug-likeness (QED) is 0.516. The van der Waals surface area contributed by atoms with Gasteiger partial charge >= 0.3 is 0 Å². The van der Waals surface area contributed by atoms with E-state index in [-0.39, 0.29) is 0 Å². The molecule has 0 amide bonds. The molecule has 0 radical (unpaired) electrons. The Labute approximate surface area is 183 Å². The molecule has 0 bridgehead atoms. The molecule has 1 aliphatic heterocycles. The van der Waals surface area contributed by atoms with Crippen LogP contribution in [0.3, 0.4) is 0 Å². The summed E-state index contributed by atoms with van der Waals surface area (Å²) in [5.74, 6) is 0.933. The topological polar surface area (TPSA) is 38.5 Å². The van der Waals surface area contributed by atoms with Crippen molar-refractivity contribution in [3.8, 4) is 0 Å². The van der Waals surface area contributed by atoms with Gasteiger partial charge in [0.15, 0.2) is 0 Å². The number of rotatable bonds is 8. The van der Waals surface area contributed by atoms with Crippen LogP contribution >= 0.6 is 12.2 Å². The number of anilines is 1. The predicted octanol–water partition coefficient (Wildman–Crippen LogP) is 3.78. The Bertz CT molecular complexity index is 980. The molecule has 0 saturated carbocycles. The fraction of sp³-hybridized carbons (Fsp3) is 0.391. The van der Waals surface area contributed by atoms with Crippen LogP contribution in [0.15, 0.2) is 60.7 Å². The van der Waals surface area contributed by atoms with Gasteiger partial charge in [-0.25, -0.2) is 4.68 Å². The lowest BCUT2D eigenvalue weighted by Crippen LogP contribution is -2.38. The number of ether oxygens (including phenoxy) is 1. The van der Waals surface area contributed by atoms with Gasteiger partial charge < -0.3 is 9.64 Å². The molecule has 0 atom stereocenters. The van der Waals surface area contributed by atoms with Gasteiger partial charge in [-0.1, -0.05) is 67.6 Å². The zero-order chi connectivity index (χ0) is 20.8. The third-order valence-electron chi connectivity index (χ3n) is 5.41. The van der Waals surface area contributed by atoms with E-state index in [4.69, 9.17) is 22.1 Å². The minimum Gasteiger partial charge on any atom is -0.378 e. The van der Waals surface area contributed by atoms with Crippen molar-refractivity contribution in [1.29, 1.82) is 0 Å². The van der Waals surface area contributed by atoms with E-state index in [0.717, 1.165) is 56.7 Å². The molecule has 0 unspecified atom stereocenters. The Hall–Kier alpha value is -2.48. The molecule has 3 aromatic rings. The number of nitrogens with zero attached hydrogens (tertiary/aromatic N) is 5. The average Bonchev–Trinajstić information content (AvgIpc) is 3.10. The Balaban J connectivity index is 1.61. The van der Waals surface area contributed by atoms with Gasteiger partial charge in [-0.05, 0) is 29.9 Å². The van der Waals surface area contributed by atoms with E-state index in [1.54, 1.807) is 0 Å². The van der Waals surface area contributed by atoms with Gasteiger partial charge in [0.2, 0.25) is 10.7 Å². The Kier molecular flexibility index (Phi) is 6.94. The van der Waals surface area contributed by atoms with Crippen molar-refractivity contribution in [2.45, 2.75) is 26.7 Å². The van der Waals surface area contributed by atoms with Crippen LogP contribution in [-0.4, -0.2) is 52.1 Å². The van der Waals surface area contributed by atoms with Crippen LogP contribution in [0, 0.1) is 4.77 Å². The fourth-order valence-corrected chi connectivity index (χ4v) is 3.96. The van der Waals surface area contributed by atoms with Crippen molar-refractivity contribution in [2.24, 2.45) is 0 Å². The second-order valence-electron chi connectivity index (χ2n) is 7.53. The first kappa shape index (κ1) is 20.8. The van der Waals surface area contributed by atoms with Crippen LogP contribution in [0.2, 0.25) is 0 Å². The highest BCUT2D eigenvalue weighted by molar-refractivity contribution is 7.71. The van der Waals surface area contributed by atoms with Gasteiger partial charge in [0.05, 0.1) is 26.4 Å². The maximum Gasteiger partial charge on any atom is 0.226 e. The van der Waals surface area contributed by atoms with Crippen molar-refractivity contribution >= 4 is 18.2 Å². The number of morpholine rings is 1. The van der Waals surface area contributed by atoms with Gasteiger partial charge in [0, 0.05) is 19.6 Å². The number of aromatic nitrogens is 3. The van der Waals surface area contributed by atoms with Crippen LogP contribution in [0.5, 0.6) is 0 Å². The third kappa shape index (κ3) is 4.98.